The fraction of sp³-hybridized carbons (Fsp3) is 0.130. The number of carbonyl (C=O) groups is 2. The largest absolute Gasteiger partial charge is 0.486 e. The maximum absolute atomic E-state index is 12.1. The number of para-hydroxylation sites is 1. The first-order valence-corrected chi connectivity index (χ1v) is 9.26. The van der Waals surface area contributed by atoms with Crippen LogP contribution in [0.5, 0.6) is 5.75 Å². The van der Waals surface area contributed by atoms with E-state index in [4.69, 9.17) is 9.84 Å². The fourth-order valence-corrected chi connectivity index (χ4v) is 2.82. The second-order valence-electron chi connectivity index (χ2n) is 6.38. The van der Waals surface area contributed by atoms with Crippen molar-refractivity contribution in [2.45, 2.75) is 12.5 Å². The molecule has 0 bridgehead atoms. The van der Waals surface area contributed by atoms with Crippen molar-refractivity contribution in [1.29, 1.82) is 0 Å². The zero-order chi connectivity index (χ0) is 20.5. The van der Waals surface area contributed by atoms with E-state index in [9.17, 15) is 9.59 Å². The molecule has 6 heteroatoms. The lowest BCUT2D eigenvalue weighted by Gasteiger charge is -2.20. The minimum Gasteiger partial charge on any atom is -0.486 e. The van der Waals surface area contributed by atoms with E-state index in [0.717, 1.165) is 11.3 Å². The summed E-state index contributed by atoms with van der Waals surface area (Å²) < 4.78 is 6.07. The van der Waals surface area contributed by atoms with Gasteiger partial charge in [-0.1, -0.05) is 48.5 Å². The molecule has 1 atom stereocenters. The molecule has 0 aromatic heterocycles. The van der Waals surface area contributed by atoms with Crippen LogP contribution in [0.3, 0.4) is 0 Å². The van der Waals surface area contributed by atoms with Gasteiger partial charge in [-0.3, -0.25) is 0 Å². The van der Waals surface area contributed by atoms with Crippen LogP contribution in [-0.4, -0.2) is 23.7 Å². The van der Waals surface area contributed by atoms with Crippen molar-refractivity contribution in [3.8, 4) is 5.75 Å². The summed E-state index contributed by atoms with van der Waals surface area (Å²) >= 11 is 0. The number of urea groups is 1. The third kappa shape index (κ3) is 6.10. The molecular weight excluding hydrogens is 368 g/mol. The van der Waals surface area contributed by atoms with Crippen LogP contribution < -0.4 is 15.4 Å². The average Bonchev–Trinajstić information content (AvgIpc) is 2.75. The molecule has 0 spiro atoms. The Morgan fingerprint density at radius 3 is 2.10 bits per heavy atom. The predicted molar refractivity (Wildman–Crippen MR) is 111 cm³/mol. The number of nitrogens with one attached hydrogen (secondary N) is 2. The molecule has 0 saturated carbocycles. The number of hydrogen-bond donors (Lipinski definition) is 3. The van der Waals surface area contributed by atoms with E-state index in [0.29, 0.717) is 18.7 Å². The Hall–Kier alpha value is -3.80. The van der Waals surface area contributed by atoms with Gasteiger partial charge in [-0.2, -0.15) is 0 Å². The Morgan fingerprint density at radius 2 is 1.48 bits per heavy atom. The van der Waals surface area contributed by atoms with Crippen molar-refractivity contribution >= 4 is 17.7 Å². The topological polar surface area (TPSA) is 87.7 Å². The zero-order valence-corrected chi connectivity index (χ0v) is 15.7. The highest BCUT2D eigenvalue weighted by molar-refractivity contribution is 5.89. The Bertz CT molecular complexity index is 928. The van der Waals surface area contributed by atoms with Gasteiger partial charge in [0.05, 0.1) is 5.56 Å². The van der Waals surface area contributed by atoms with E-state index < -0.39 is 5.97 Å². The summed E-state index contributed by atoms with van der Waals surface area (Å²) in [5.41, 5.74) is 1.90. The highest BCUT2D eigenvalue weighted by atomic mass is 16.5. The number of aromatic carboxylic acids is 1. The van der Waals surface area contributed by atoms with Crippen LogP contribution in [0.2, 0.25) is 0 Å². The lowest BCUT2D eigenvalue weighted by Crippen LogP contribution is -2.30. The van der Waals surface area contributed by atoms with Gasteiger partial charge in [0.25, 0.3) is 0 Å². The molecule has 6 nitrogen and oxygen atoms in total. The molecular formula is C23H22N2O4. The lowest BCUT2D eigenvalue weighted by molar-refractivity contribution is 0.0697. The monoisotopic (exact) mass is 390 g/mol. The molecule has 3 aromatic rings. The fourth-order valence-electron chi connectivity index (χ4n) is 2.82. The maximum atomic E-state index is 12.1. The highest BCUT2D eigenvalue weighted by Crippen LogP contribution is 2.25. The van der Waals surface area contributed by atoms with Crippen LogP contribution in [0.15, 0.2) is 84.9 Å². The summed E-state index contributed by atoms with van der Waals surface area (Å²) in [5.74, 6) is -0.414. The Balaban J connectivity index is 1.60. The van der Waals surface area contributed by atoms with E-state index in [1.165, 1.54) is 12.1 Å². The van der Waals surface area contributed by atoms with Crippen molar-refractivity contribution in [1.82, 2.24) is 5.32 Å². The number of rotatable bonds is 8. The van der Waals surface area contributed by atoms with Crippen molar-refractivity contribution in [3.63, 3.8) is 0 Å². The van der Waals surface area contributed by atoms with Gasteiger partial charge in [-0.05, 0) is 42.0 Å². The van der Waals surface area contributed by atoms with Gasteiger partial charge in [0.2, 0.25) is 0 Å². The normalized spacial score (nSPS) is 11.3. The van der Waals surface area contributed by atoms with E-state index in [-0.39, 0.29) is 17.7 Å². The number of carboxylic acids is 1. The summed E-state index contributed by atoms with van der Waals surface area (Å²) in [7, 11) is 0. The number of amides is 2. The van der Waals surface area contributed by atoms with Gasteiger partial charge in [-0.25, -0.2) is 9.59 Å². The first kappa shape index (κ1) is 19.9. The number of anilines is 1. The van der Waals surface area contributed by atoms with Gasteiger partial charge in [0, 0.05) is 18.7 Å². The Morgan fingerprint density at radius 1 is 0.862 bits per heavy atom. The van der Waals surface area contributed by atoms with Crippen LogP contribution in [0.4, 0.5) is 10.5 Å². The number of carbonyl (C=O) groups excluding carboxylic acids is 1. The summed E-state index contributed by atoms with van der Waals surface area (Å²) in [6.07, 6.45) is 0.260. The molecule has 2 amide bonds. The van der Waals surface area contributed by atoms with Crippen LogP contribution in [0.1, 0.15) is 28.4 Å². The van der Waals surface area contributed by atoms with Crippen molar-refractivity contribution < 1.29 is 19.4 Å². The minimum atomic E-state index is -0.982. The molecule has 0 fully saturated rings. The average molecular weight is 390 g/mol. The van der Waals surface area contributed by atoms with Crippen LogP contribution >= 0.6 is 0 Å². The summed E-state index contributed by atoms with van der Waals surface area (Å²) in [6.45, 7) is 0.408. The van der Waals surface area contributed by atoms with E-state index in [1.807, 2.05) is 60.7 Å². The molecule has 3 N–H and O–H groups in total. The quantitative estimate of drug-likeness (QED) is 0.519. The van der Waals surface area contributed by atoms with Gasteiger partial charge >= 0.3 is 12.0 Å². The second kappa shape index (κ2) is 9.94. The summed E-state index contributed by atoms with van der Waals surface area (Å²) in [4.78, 5) is 23.1. The van der Waals surface area contributed by atoms with Gasteiger partial charge in [0.15, 0.2) is 0 Å². The minimum absolute atomic E-state index is 0.202. The summed E-state index contributed by atoms with van der Waals surface area (Å²) in [6, 6.07) is 24.9. The number of hydrogen-bond acceptors (Lipinski definition) is 3. The van der Waals surface area contributed by atoms with Crippen molar-refractivity contribution in [3.05, 3.63) is 96.1 Å². The van der Waals surface area contributed by atoms with Gasteiger partial charge in [-0.15, -0.1) is 0 Å². The van der Waals surface area contributed by atoms with Gasteiger partial charge < -0.3 is 20.5 Å². The first-order chi connectivity index (χ1) is 14.1. The van der Waals surface area contributed by atoms with Crippen molar-refractivity contribution in [2.75, 3.05) is 11.9 Å². The molecule has 0 aliphatic heterocycles. The third-order valence-electron chi connectivity index (χ3n) is 4.27. The van der Waals surface area contributed by atoms with Crippen LogP contribution in [0.25, 0.3) is 0 Å². The highest BCUT2D eigenvalue weighted by Gasteiger charge is 2.14. The van der Waals surface area contributed by atoms with E-state index in [2.05, 4.69) is 10.6 Å². The zero-order valence-electron chi connectivity index (χ0n) is 15.7. The smallest absolute Gasteiger partial charge is 0.335 e. The number of carboxylic acid groups (broad SMARTS) is 1. The molecule has 1 unspecified atom stereocenters. The molecule has 0 aliphatic rings. The standard InChI is InChI=1S/C23H22N2O4/c26-22(27)18-11-13-20(14-12-18)29-21(17-7-3-1-4-8-17)15-16-24-23(28)25-19-9-5-2-6-10-19/h1-14,21H,15-16H2,(H,26,27)(H2,24,25,28). The number of benzene rings is 3. The molecule has 3 aromatic carbocycles. The Kier molecular flexibility index (Phi) is 6.84. The Labute approximate surface area is 169 Å². The third-order valence-corrected chi connectivity index (χ3v) is 4.27. The molecule has 29 heavy (non-hydrogen) atoms. The van der Waals surface area contributed by atoms with Crippen LogP contribution in [0, 0.1) is 0 Å². The first-order valence-electron chi connectivity index (χ1n) is 9.26. The van der Waals surface area contributed by atoms with E-state index >= 15 is 0 Å². The molecule has 148 valence electrons. The lowest BCUT2D eigenvalue weighted by atomic mass is 10.1. The molecule has 0 heterocycles. The summed E-state index contributed by atoms with van der Waals surface area (Å²) in [5, 5.41) is 14.6. The predicted octanol–water partition coefficient (Wildman–Crippen LogP) is 4.72. The van der Waals surface area contributed by atoms with Gasteiger partial charge in [0.1, 0.15) is 11.9 Å². The number of ether oxygens (including phenoxy) is 1. The van der Waals surface area contributed by atoms with Crippen LogP contribution in [-0.2, 0) is 0 Å². The second-order valence-corrected chi connectivity index (χ2v) is 6.38. The molecule has 0 radical (unpaired) electrons. The van der Waals surface area contributed by atoms with E-state index in [1.54, 1.807) is 12.1 Å². The molecule has 0 aliphatic carbocycles. The maximum Gasteiger partial charge on any atom is 0.335 e. The molecule has 3 rings (SSSR count). The molecule has 0 saturated heterocycles. The van der Waals surface area contributed by atoms with Crippen molar-refractivity contribution in [2.24, 2.45) is 0 Å². The SMILES string of the molecule is O=C(NCCC(Oc1ccc(C(=O)O)cc1)c1ccccc1)Nc1ccccc1.